The highest BCUT2D eigenvalue weighted by molar-refractivity contribution is 6.53. The highest BCUT2D eigenvalue weighted by Gasteiger charge is 2.68. The van der Waals surface area contributed by atoms with Crippen molar-refractivity contribution in [1.82, 2.24) is 16.2 Å². The first-order valence-electron chi connectivity index (χ1n) is 5.55. The van der Waals surface area contributed by atoms with Crippen LogP contribution in [0.5, 0.6) is 0 Å². The zero-order chi connectivity index (χ0) is 13.1. The second-order valence-corrected chi connectivity index (χ2v) is 5.89. The Labute approximate surface area is 111 Å². The smallest absolute Gasteiger partial charge is 0.333 e. The van der Waals surface area contributed by atoms with Gasteiger partial charge >= 0.3 is 6.03 Å². The molecule has 0 aromatic rings. The maximum absolute atomic E-state index is 11.7. The Morgan fingerprint density at radius 1 is 1.29 bits per heavy atom. The Hall–Kier alpha value is -0.680. The number of nitrogens with one attached hydrogen (secondary N) is 3. The van der Waals surface area contributed by atoms with Gasteiger partial charge in [-0.05, 0) is 19.8 Å². The SMILES string of the molecule is CCCCNC(=O)NNC(=O)[C@@]1(C)CC1(Cl)Cl. The molecule has 0 unspecified atom stereocenters. The lowest BCUT2D eigenvalue weighted by atomic mass is 10.1. The Morgan fingerprint density at radius 3 is 2.35 bits per heavy atom. The summed E-state index contributed by atoms with van der Waals surface area (Å²) in [4.78, 5) is 22.9. The van der Waals surface area contributed by atoms with Crippen LogP contribution in [0.25, 0.3) is 0 Å². The van der Waals surface area contributed by atoms with Gasteiger partial charge in [0.05, 0.1) is 5.41 Å². The molecule has 3 N–H and O–H groups in total. The first-order chi connectivity index (χ1) is 7.83. The molecule has 7 heteroatoms. The Bertz CT molecular complexity index is 323. The monoisotopic (exact) mass is 281 g/mol. The molecule has 0 saturated heterocycles. The molecule has 3 amide bonds. The van der Waals surface area contributed by atoms with Crippen molar-refractivity contribution in [2.24, 2.45) is 5.41 Å². The van der Waals surface area contributed by atoms with Gasteiger partial charge in [-0.2, -0.15) is 0 Å². The van der Waals surface area contributed by atoms with Crippen LogP contribution in [0.4, 0.5) is 4.79 Å². The molecule has 0 aromatic heterocycles. The highest BCUT2D eigenvalue weighted by atomic mass is 35.5. The molecule has 0 radical (unpaired) electrons. The average Bonchev–Trinajstić information content (AvgIpc) is 2.76. The van der Waals surface area contributed by atoms with E-state index < -0.39 is 15.8 Å². The van der Waals surface area contributed by atoms with Crippen LogP contribution >= 0.6 is 23.2 Å². The van der Waals surface area contributed by atoms with Crippen molar-refractivity contribution >= 4 is 35.1 Å². The van der Waals surface area contributed by atoms with E-state index in [1.807, 2.05) is 6.92 Å². The number of hydrazine groups is 1. The molecule has 17 heavy (non-hydrogen) atoms. The first-order valence-corrected chi connectivity index (χ1v) is 6.31. The van der Waals surface area contributed by atoms with Crippen molar-refractivity contribution in [3.05, 3.63) is 0 Å². The van der Waals surface area contributed by atoms with Gasteiger partial charge in [-0.1, -0.05) is 13.3 Å². The van der Waals surface area contributed by atoms with Gasteiger partial charge in [-0.25, -0.2) is 10.2 Å². The van der Waals surface area contributed by atoms with Crippen LogP contribution in [0.3, 0.4) is 0 Å². The molecule has 1 fully saturated rings. The number of rotatable bonds is 4. The zero-order valence-corrected chi connectivity index (χ0v) is 11.4. The van der Waals surface area contributed by atoms with E-state index in [0.717, 1.165) is 12.8 Å². The normalized spacial score (nSPS) is 24.9. The number of hydrogen-bond donors (Lipinski definition) is 3. The molecule has 1 rings (SSSR count). The van der Waals surface area contributed by atoms with Crippen molar-refractivity contribution in [2.45, 2.75) is 37.4 Å². The fraction of sp³-hybridized carbons (Fsp3) is 0.800. The van der Waals surface area contributed by atoms with Gasteiger partial charge in [0.15, 0.2) is 0 Å². The molecule has 1 atom stereocenters. The van der Waals surface area contributed by atoms with Crippen molar-refractivity contribution in [2.75, 3.05) is 6.54 Å². The number of halogens is 2. The molecule has 1 aliphatic rings. The van der Waals surface area contributed by atoms with E-state index in [1.54, 1.807) is 6.92 Å². The minimum Gasteiger partial charge on any atom is -0.337 e. The summed E-state index contributed by atoms with van der Waals surface area (Å²) in [5.41, 5.74) is 3.73. The Balaban J connectivity index is 2.23. The van der Waals surface area contributed by atoms with E-state index in [0.29, 0.717) is 13.0 Å². The van der Waals surface area contributed by atoms with Crippen molar-refractivity contribution in [3.63, 3.8) is 0 Å². The summed E-state index contributed by atoms with van der Waals surface area (Å²) in [7, 11) is 0. The maximum atomic E-state index is 11.7. The molecule has 0 aromatic carbocycles. The van der Waals surface area contributed by atoms with Crippen LogP contribution in [0, 0.1) is 5.41 Å². The van der Waals surface area contributed by atoms with Crippen LogP contribution in [0.2, 0.25) is 0 Å². The molecular formula is C10H17Cl2N3O2. The quantitative estimate of drug-likeness (QED) is 0.417. The maximum Gasteiger partial charge on any atom is 0.333 e. The van der Waals surface area contributed by atoms with E-state index in [-0.39, 0.29) is 5.91 Å². The summed E-state index contributed by atoms with van der Waals surface area (Å²) < 4.78 is -1.03. The molecular weight excluding hydrogens is 265 g/mol. The topological polar surface area (TPSA) is 70.2 Å². The Morgan fingerprint density at radius 2 is 1.88 bits per heavy atom. The highest BCUT2D eigenvalue weighted by Crippen LogP contribution is 2.63. The average molecular weight is 282 g/mol. The van der Waals surface area contributed by atoms with E-state index in [2.05, 4.69) is 16.2 Å². The number of carbonyl (C=O) groups excluding carboxylic acids is 2. The van der Waals surface area contributed by atoms with Crippen LogP contribution < -0.4 is 16.2 Å². The van der Waals surface area contributed by atoms with Gasteiger partial charge in [0.1, 0.15) is 4.33 Å². The largest absolute Gasteiger partial charge is 0.337 e. The van der Waals surface area contributed by atoms with Gasteiger partial charge in [-0.3, -0.25) is 10.2 Å². The van der Waals surface area contributed by atoms with Gasteiger partial charge in [-0.15, -0.1) is 23.2 Å². The van der Waals surface area contributed by atoms with E-state index in [1.165, 1.54) is 0 Å². The molecule has 0 heterocycles. The Kier molecular flexibility index (Phi) is 4.49. The molecule has 0 spiro atoms. The fourth-order valence-corrected chi connectivity index (χ4v) is 2.03. The van der Waals surface area contributed by atoms with Crippen LogP contribution in [-0.2, 0) is 4.79 Å². The first kappa shape index (κ1) is 14.4. The van der Waals surface area contributed by atoms with Crippen LogP contribution in [0.1, 0.15) is 33.1 Å². The van der Waals surface area contributed by atoms with E-state index in [9.17, 15) is 9.59 Å². The summed E-state index contributed by atoms with van der Waals surface area (Å²) in [6.45, 7) is 4.25. The standard InChI is InChI=1S/C10H17Cl2N3O2/c1-3-4-5-13-8(17)15-14-7(16)9(2)6-10(9,11)12/h3-6H2,1-2H3,(H,14,16)(H2,13,15,17)/t9-/m1/s1. The number of unbranched alkanes of at least 4 members (excludes halogenated alkanes) is 1. The summed E-state index contributed by atoms with van der Waals surface area (Å²) in [6, 6.07) is -0.439. The van der Waals surface area contributed by atoms with Gasteiger partial charge in [0.2, 0.25) is 5.91 Å². The third-order valence-corrected chi connectivity index (χ3v) is 3.97. The molecule has 1 aliphatic carbocycles. The van der Waals surface area contributed by atoms with Crippen molar-refractivity contribution in [1.29, 1.82) is 0 Å². The molecule has 0 aliphatic heterocycles. The number of amides is 3. The number of alkyl halides is 2. The lowest BCUT2D eigenvalue weighted by Crippen LogP contribution is -2.49. The molecule has 98 valence electrons. The zero-order valence-electron chi connectivity index (χ0n) is 9.90. The minimum atomic E-state index is -1.03. The second-order valence-electron chi connectivity index (χ2n) is 4.40. The van der Waals surface area contributed by atoms with E-state index in [4.69, 9.17) is 23.2 Å². The minimum absolute atomic E-state index is 0.381. The lowest BCUT2D eigenvalue weighted by molar-refractivity contribution is -0.126. The van der Waals surface area contributed by atoms with Gasteiger partial charge < -0.3 is 5.32 Å². The molecule has 0 bridgehead atoms. The summed E-state index contributed by atoms with van der Waals surface area (Å²) in [5, 5.41) is 2.60. The van der Waals surface area contributed by atoms with Crippen molar-refractivity contribution in [3.8, 4) is 0 Å². The third kappa shape index (κ3) is 3.39. The third-order valence-electron chi connectivity index (χ3n) is 2.86. The lowest BCUT2D eigenvalue weighted by Gasteiger charge is -2.13. The fourth-order valence-electron chi connectivity index (χ4n) is 1.32. The van der Waals surface area contributed by atoms with Crippen molar-refractivity contribution < 1.29 is 9.59 Å². The summed E-state index contributed by atoms with van der Waals surface area (Å²) in [6.07, 6.45) is 2.27. The van der Waals surface area contributed by atoms with E-state index >= 15 is 0 Å². The molecule has 1 saturated carbocycles. The molecule has 5 nitrogen and oxygen atoms in total. The predicted molar refractivity (Wildman–Crippen MR) is 66.7 cm³/mol. The second kappa shape index (κ2) is 5.31. The summed E-state index contributed by atoms with van der Waals surface area (Å²) in [5.74, 6) is -0.381. The predicted octanol–water partition coefficient (Wildman–Crippen LogP) is 1.70. The number of carbonyl (C=O) groups is 2. The number of urea groups is 1. The summed E-state index contributed by atoms with van der Waals surface area (Å²) >= 11 is 11.7. The number of hydrogen-bond acceptors (Lipinski definition) is 2. The van der Waals surface area contributed by atoms with Gasteiger partial charge in [0.25, 0.3) is 0 Å². The van der Waals surface area contributed by atoms with Gasteiger partial charge in [0, 0.05) is 6.54 Å². The van der Waals surface area contributed by atoms with Crippen LogP contribution in [-0.4, -0.2) is 22.8 Å². The van der Waals surface area contributed by atoms with Crippen LogP contribution in [0.15, 0.2) is 0 Å².